The molecule has 2 heteroatoms. The van der Waals surface area contributed by atoms with Gasteiger partial charge in [-0.05, 0) is 106 Å². The summed E-state index contributed by atoms with van der Waals surface area (Å²) in [6.07, 6.45) is 8.06. The Bertz CT molecular complexity index is 2730. The van der Waals surface area contributed by atoms with E-state index in [9.17, 15) is 0 Å². The number of benzene rings is 7. The van der Waals surface area contributed by atoms with Crippen LogP contribution >= 0.6 is 0 Å². The summed E-state index contributed by atoms with van der Waals surface area (Å²) in [6.45, 7) is 4.78. The molecule has 264 valence electrons. The first kappa shape index (κ1) is 33.0. The molecule has 1 aromatic heterocycles. The molecule has 2 nitrogen and oxygen atoms in total. The summed E-state index contributed by atoms with van der Waals surface area (Å²) in [5.41, 5.74) is 17.3. The molecule has 1 unspecified atom stereocenters. The predicted octanol–water partition coefficient (Wildman–Crippen LogP) is 14.0. The van der Waals surface area contributed by atoms with Crippen LogP contribution in [0, 0.1) is 0 Å². The molecule has 1 atom stereocenters. The van der Waals surface area contributed by atoms with Crippen molar-refractivity contribution in [2.75, 3.05) is 4.90 Å². The fourth-order valence-corrected chi connectivity index (χ4v) is 8.85. The van der Waals surface area contributed by atoms with E-state index in [0.717, 1.165) is 12.1 Å². The molecule has 0 saturated carbocycles. The van der Waals surface area contributed by atoms with Gasteiger partial charge in [0.1, 0.15) is 0 Å². The zero-order chi connectivity index (χ0) is 36.9. The van der Waals surface area contributed by atoms with Gasteiger partial charge >= 0.3 is 0 Å². The summed E-state index contributed by atoms with van der Waals surface area (Å²) in [5, 5.41) is 1.24. The average molecular weight is 707 g/mol. The van der Waals surface area contributed by atoms with Crippen molar-refractivity contribution in [2.24, 2.45) is 0 Å². The summed E-state index contributed by atoms with van der Waals surface area (Å²) in [5.74, 6) is 0.370. The predicted molar refractivity (Wildman–Crippen MR) is 231 cm³/mol. The highest BCUT2D eigenvalue weighted by atomic mass is 15.1. The van der Waals surface area contributed by atoms with Crippen molar-refractivity contribution < 1.29 is 0 Å². The molecule has 2 aliphatic rings. The van der Waals surface area contributed by atoms with Crippen molar-refractivity contribution in [3.63, 3.8) is 0 Å². The van der Waals surface area contributed by atoms with Crippen LogP contribution in [0.1, 0.15) is 42.9 Å². The van der Waals surface area contributed by atoms with Crippen LogP contribution in [0.4, 0.5) is 11.4 Å². The topological polar surface area (TPSA) is 8.17 Å². The van der Waals surface area contributed by atoms with Crippen molar-refractivity contribution in [3.05, 3.63) is 223 Å². The van der Waals surface area contributed by atoms with Crippen molar-refractivity contribution in [3.8, 4) is 39.2 Å². The van der Waals surface area contributed by atoms with Gasteiger partial charge in [-0.3, -0.25) is 0 Å². The molecule has 7 aromatic carbocycles. The first-order chi connectivity index (χ1) is 27.0. The maximum atomic E-state index is 2.44. The highest BCUT2D eigenvalue weighted by Gasteiger charge is 2.37. The van der Waals surface area contributed by atoms with Crippen molar-refractivity contribution in [2.45, 2.75) is 31.6 Å². The van der Waals surface area contributed by atoms with E-state index in [-0.39, 0.29) is 5.41 Å². The second-order valence-corrected chi connectivity index (χ2v) is 15.4. The molecule has 0 fully saturated rings. The van der Waals surface area contributed by atoms with Gasteiger partial charge in [0.05, 0.1) is 11.2 Å². The van der Waals surface area contributed by atoms with E-state index in [1.54, 1.807) is 0 Å². The van der Waals surface area contributed by atoms with E-state index >= 15 is 0 Å². The van der Waals surface area contributed by atoms with Gasteiger partial charge in [0.25, 0.3) is 0 Å². The molecule has 10 rings (SSSR count). The lowest BCUT2D eigenvalue weighted by Crippen LogP contribution is -2.19. The molecule has 1 heterocycles. The molecular formula is C53H42N2. The van der Waals surface area contributed by atoms with Crippen molar-refractivity contribution >= 4 is 22.3 Å². The Morgan fingerprint density at radius 3 is 1.85 bits per heavy atom. The first-order valence-corrected chi connectivity index (χ1v) is 19.4. The molecule has 0 spiro atoms. The number of hydrogen-bond acceptors (Lipinski definition) is 1. The van der Waals surface area contributed by atoms with Gasteiger partial charge in [-0.15, -0.1) is 0 Å². The summed E-state index contributed by atoms with van der Waals surface area (Å²) in [4.78, 5) is 2.44. The average Bonchev–Trinajstić information content (AvgIpc) is 3.74. The monoisotopic (exact) mass is 706 g/mol. The Morgan fingerprint density at radius 1 is 0.545 bits per heavy atom. The van der Waals surface area contributed by atoms with Crippen molar-refractivity contribution in [1.29, 1.82) is 0 Å². The highest BCUT2D eigenvalue weighted by molar-refractivity contribution is 5.91. The number of fused-ring (bicyclic) bond motifs is 4. The van der Waals surface area contributed by atoms with Gasteiger partial charge in [0.15, 0.2) is 0 Å². The van der Waals surface area contributed by atoms with Gasteiger partial charge in [0, 0.05) is 39.5 Å². The molecular weight excluding hydrogens is 665 g/mol. The fraction of sp³-hybridized carbons (Fsp3) is 0.0943. The lowest BCUT2D eigenvalue weighted by Gasteiger charge is -2.31. The molecule has 0 N–H and O–H groups in total. The number of anilines is 2. The number of rotatable bonds is 7. The molecule has 0 radical (unpaired) electrons. The van der Waals surface area contributed by atoms with E-state index in [4.69, 9.17) is 0 Å². The van der Waals surface area contributed by atoms with Gasteiger partial charge in [0.2, 0.25) is 0 Å². The Balaban J connectivity index is 1.05. The van der Waals surface area contributed by atoms with E-state index in [2.05, 4.69) is 224 Å². The molecule has 0 amide bonds. The zero-order valence-corrected chi connectivity index (χ0v) is 31.2. The van der Waals surface area contributed by atoms with E-state index < -0.39 is 0 Å². The van der Waals surface area contributed by atoms with Crippen LogP contribution in [-0.2, 0) is 5.41 Å². The van der Waals surface area contributed by atoms with Gasteiger partial charge in [-0.2, -0.15) is 0 Å². The fourth-order valence-electron chi connectivity index (χ4n) is 8.85. The summed E-state index contributed by atoms with van der Waals surface area (Å²) in [7, 11) is 0. The standard InChI is InChI=1S/C53H42N2/c1-53(2)49-35-45(54(43-26-22-39(23-27-43)37-14-6-3-7-15-37)44-28-24-40(25-29-44)38-16-8-4-9-17-38)30-32-47(49)48-33-31-46(36-50(48)53)55-51-21-13-12-20-42(51)34-52(55)41-18-10-5-11-19-41/h3-24,26-36,40H,25H2,1-2H3. The maximum Gasteiger partial charge on any atom is 0.0540 e. The normalized spacial score (nSPS) is 15.4. The maximum absolute atomic E-state index is 2.44. The lowest BCUT2D eigenvalue weighted by atomic mass is 9.82. The quantitative estimate of drug-likeness (QED) is 0.160. The largest absolute Gasteiger partial charge is 0.311 e. The first-order valence-electron chi connectivity index (χ1n) is 19.4. The summed E-state index contributed by atoms with van der Waals surface area (Å²) < 4.78 is 2.43. The molecule has 8 aromatic rings. The minimum atomic E-state index is -0.204. The second-order valence-electron chi connectivity index (χ2n) is 15.4. The molecule has 0 saturated heterocycles. The minimum absolute atomic E-state index is 0.204. The van der Waals surface area contributed by atoms with Crippen LogP contribution in [0.5, 0.6) is 0 Å². The zero-order valence-electron chi connectivity index (χ0n) is 31.2. The third-order valence-electron chi connectivity index (χ3n) is 11.7. The van der Waals surface area contributed by atoms with Crippen LogP contribution in [-0.4, -0.2) is 4.57 Å². The Morgan fingerprint density at radius 2 is 1.15 bits per heavy atom. The van der Waals surface area contributed by atoms with E-state index in [1.165, 1.54) is 78.2 Å². The lowest BCUT2D eigenvalue weighted by molar-refractivity contribution is 0.660. The van der Waals surface area contributed by atoms with Crippen LogP contribution in [0.15, 0.2) is 206 Å². The van der Waals surface area contributed by atoms with Crippen LogP contribution in [0.2, 0.25) is 0 Å². The van der Waals surface area contributed by atoms with Crippen LogP contribution in [0.3, 0.4) is 0 Å². The van der Waals surface area contributed by atoms with E-state index in [0.29, 0.717) is 5.92 Å². The third kappa shape index (κ3) is 5.73. The van der Waals surface area contributed by atoms with E-state index in [1.807, 2.05) is 0 Å². The summed E-state index contributed by atoms with van der Waals surface area (Å²) >= 11 is 0. The SMILES string of the molecule is CC1(C)c2cc(N(C3=CCC(c4ccccc4)C=C3)c3ccc(-c4ccccc4)cc3)ccc2-c2ccc(-n3c(-c4ccccc4)cc4ccccc43)cc21. The second kappa shape index (κ2) is 13.3. The van der Waals surface area contributed by atoms with Gasteiger partial charge < -0.3 is 9.47 Å². The van der Waals surface area contributed by atoms with Crippen LogP contribution in [0.25, 0.3) is 50.1 Å². The smallest absolute Gasteiger partial charge is 0.0540 e. The number of allylic oxidation sites excluding steroid dienone is 3. The number of hydrogen-bond donors (Lipinski definition) is 0. The van der Waals surface area contributed by atoms with Gasteiger partial charge in [-0.25, -0.2) is 0 Å². The van der Waals surface area contributed by atoms with Crippen LogP contribution < -0.4 is 4.90 Å². The highest BCUT2D eigenvalue weighted by Crippen LogP contribution is 2.51. The Hall–Kier alpha value is -6.64. The van der Waals surface area contributed by atoms with Gasteiger partial charge in [-0.1, -0.05) is 159 Å². The third-order valence-corrected chi connectivity index (χ3v) is 11.7. The number of nitrogens with zero attached hydrogens (tertiary/aromatic N) is 2. The number of para-hydroxylation sites is 1. The van der Waals surface area contributed by atoms with Crippen molar-refractivity contribution in [1.82, 2.24) is 4.57 Å². The minimum Gasteiger partial charge on any atom is -0.311 e. The Kier molecular flexibility index (Phi) is 7.99. The molecule has 0 bridgehead atoms. The molecule has 2 aliphatic carbocycles. The number of aromatic nitrogens is 1. The molecule has 55 heavy (non-hydrogen) atoms. The summed E-state index contributed by atoms with van der Waals surface area (Å²) in [6, 6.07) is 66.5. The Labute approximate surface area is 324 Å². The molecule has 0 aliphatic heterocycles.